The molecule has 198 valence electrons. The van der Waals surface area contributed by atoms with Gasteiger partial charge in [-0.05, 0) is 54.1 Å². The van der Waals surface area contributed by atoms with Crippen molar-refractivity contribution in [2.75, 3.05) is 43.9 Å². The number of fused-ring (bicyclic) bond motifs is 1. The number of aromatic nitrogens is 3. The van der Waals surface area contributed by atoms with E-state index in [1.807, 2.05) is 37.2 Å². The molecule has 38 heavy (non-hydrogen) atoms. The minimum atomic E-state index is -4.53. The number of carbonyl (C=O) groups is 1. The van der Waals surface area contributed by atoms with Crippen molar-refractivity contribution in [1.82, 2.24) is 24.6 Å². The summed E-state index contributed by atoms with van der Waals surface area (Å²) < 4.78 is 43.2. The predicted octanol–water partition coefficient (Wildman–Crippen LogP) is 5.05. The van der Waals surface area contributed by atoms with Gasteiger partial charge in [-0.1, -0.05) is 18.2 Å². The van der Waals surface area contributed by atoms with Gasteiger partial charge in [0.05, 0.1) is 11.8 Å². The van der Waals surface area contributed by atoms with Crippen LogP contribution < -0.4 is 10.6 Å². The minimum absolute atomic E-state index is 0.0735. The Morgan fingerprint density at radius 1 is 0.947 bits per heavy atom. The second-order valence-electron chi connectivity index (χ2n) is 9.47. The second-order valence-corrected chi connectivity index (χ2v) is 9.47. The van der Waals surface area contributed by atoms with Gasteiger partial charge < -0.3 is 15.5 Å². The van der Waals surface area contributed by atoms with Gasteiger partial charge in [0.2, 0.25) is 0 Å². The molecule has 3 heterocycles. The Hall–Kier alpha value is -3.96. The van der Waals surface area contributed by atoms with E-state index in [4.69, 9.17) is 0 Å². The molecule has 0 atom stereocenters. The summed E-state index contributed by atoms with van der Waals surface area (Å²) in [4.78, 5) is 21.1. The predicted molar refractivity (Wildman–Crippen MR) is 141 cm³/mol. The fourth-order valence-electron chi connectivity index (χ4n) is 4.63. The molecule has 2 aromatic carbocycles. The lowest BCUT2D eigenvalue weighted by atomic mass is 10.0. The summed E-state index contributed by atoms with van der Waals surface area (Å²) in [6.45, 7) is 3.27. The number of hydrogen-bond acceptors (Lipinski definition) is 5. The molecule has 5 rings (SSSR count). The van der Waals surface area contributed by atoms with E-state index in [0.29, 0.717) is 18.8 Å². The summed E-state index contributed by atoms with van der Waals surface area (Å²) in [5, 5.41) is 10.4. The van der Waals surface area contributed by atoms with Crippen molar-refractivity contribution in [2.45, 2.75) is 12.7 Å². The van der Waals surface area contributed by atoms with Gasteiger partial charge in [-0.25, -0.2) is 9.78 Å². The van der Waals surface area contributed by atoms with Crippen LogP contribution >= 0.6 is 0 Å². The van der Waals surface area contributed by atoms with E-state index < -0.39 is 17.8 Å². The molecule has 8 nitrogen and oxygen atoms in total. The Bertz CT molecular complexity index is 1440. The summed E-state index contributed by atoms with van der Waals surface area (Å²) in [6.07, 6.45) is -1.06. The molecular formula is C27H28F3N7O. The lowest BCUT2D eigenvalue weighted by Gasteiger charge is -2.33. The van der Waals surface area contributed by atoms with Gasteiger partial charge in [-0.15, -0.1) is 0 Å². The van der Waals surface area contributed by atoms with Gasteiger partial charge in [0.15, 0.2) is 5.65 Å². The summed E-state index contributed by atoms with van der Waals surface area (Å²) in [5.41, 5.74) is 2.67. The molecule has 0 aliphatic carbocycles. The van der Waals surface area contributed by atoms with Gasteiger partial charge in [0.25, 0.3) is 0 Å². The number of alkyl halides is 3. The van der Waals surface area contributed by atoms with Crippen LogP contribution in [0.4, 0.5) is 29.3 Å². The first kappa shape index (κ1) is 25.7. The number of pyridine rings is 1. The van der Waals surface area contributed by atoms with Gasteiger partial charge in [-0.2, -0.15) is 18.3 Å². The number of benzene rings is 2. The molecule has 2 N–H and O–H groups in total. The zero-order chi connectivity index (χ0) is 26.9. The lowest BCUT2D eigenvalue weighted by molar-refractivity contribution is -0.138. The first-order chi connectivity index (χ1) is 18.2. The van der Waals surface area contributed by atoms with Crippen LogP contribution in [-0.2, 0) is 19.8 Å². The second kappa shape index (κ2) is 10.4. The fraction of sp³-hybridized carbons (Fsp3) is 0.296. The number of nitrogens with zero attached hydrogens (tertiary/aromatic N) is 5. The lowest BCUT2D eigenvalue weighted by Crippen LogP contribution is -2.44. The molecule has 0 spiro atoms. The summed E-state index contributed by atoms with van der Waals surface area (Å²) in [6, 6.07) is 12.4. The van der Waals surface area contributed by atoms with Crippen molar-refractivity contribution in [3.63, 3.8) is 0 Å². The maximum absolute atomic E-state index is 13.8. The zero-order valence-corrected chi connectivity index (χ0v) is 21.1. The highest BCUT2D eigenvalue weighted by Crippen LogP contribution is 2.35. The SMILES string of the molecule is CN1CCN(Cc2ccc(NC(=O)Nc3ccc(-c4ccnc5c4cnn5C)cc3)cc2C(F)(F)F)CC1. The first-order valence-corrected chi connectivity index (χ1v) is 12.2. The summed E-state index contributed by atoms with van der Waals surface area (Å²) in [5.74, 6) is 0. The Morgan fingerprint density at radius 2 is 1.63 bits per heavy atom. The fourth-order valence-corrected chi connectivity index (χ4v) is 4.63. The monoisotopic (exact) mass is 523 g/mol. The zero-order valence-electron chi connectivity index (χ0n) is 21.1. The number of hydrogen-bond donors (Lipinski definition) is 2. The first-order valence-electron chi connectivity index (χ1n) is 12.2. The Balaban J connectivity index is 1.26. The minimum Gasteiger partial charge on any atom is -0.308 e. The molecule has 1 saturated heterocycles. The number of amides is 2. The van der Waals surface area contributed by atoms with Crippen LogP contribution in [0.1, 0.15) is 11.1 Å². The van der Waals surface area contributed by atoms with E-state index in [9.17, 15) is 18.0 Å². The van der Waals surface area contributed by atoms with Crippen LogP contribution in [0.3, 0.4) is 0 Å². The smallest absolute Gasteiger partial charge is 0.308 e. The quantitative estimate of drug-likeness (QED) is 0.383. The summed E-state index contributed by atoms with van der Waals surface area (Å²) >= 11 is 0. The molecule has 0 saturated carbocycles. The van der Waals surface area contributed by atoms with E-state index in [1.165, 1.54) is 12.1 Å². The number of carbonyl (C=O) groups excluding carboxylic acids is 1. The summed E-state index contributed by atoms with van der Waals surface area (Å²) in [7, 11) is 3.82. The van der Waals surface area contributed by atoms with E-state index >= 15 is 0 Å². The van der Waals surface area contributed by atoms with Crippen molar-refractivity contribution < 1.29 is 18.0 Å². The highest BCUT2D eigenvalue weighted by molar-refractivity contribution is 6.00. The van der Waals surface area contributed by atoms with Crippen LogP contribution in [-0.4, -0.2) is 63.8 Å². The molecular weight excluding hydrogens is 495 g/mol. The molecule has 0 unspecified atom stereocenters. The number of aryl methyl sites for hydroxylation is 1. The average Bonchev–Trinajstić information content (AvgIpc) is 3.27. The van der Waals surface area contributed by atoms with Crippen molar-refractivity contribution in [1.29, 1.82) is 0 Å². The van der Waals surface area contributed by atoms with Crippen LogP contribution in [0.2, 0.25) is 0 Å². The molecule has 1 fully saturated rings. The van der Waals surface area contributed by atoms with Gasteiger partial charge >= 0.3 is 12.2 Å². The van der Waals surface area contributed by atoms with Crippen LogP contribution in [0.15, 0.2) is 60.9 Å². The van der Waals surface area contributed by atoms with Crippen molar-refractivity contribution >= 4 is 28.4 Å². The van der Waals surface area contributed by atoms with Crippen LogP contribution in [0.5, 0.6) is 0 Å². The largest absolute Gasteiger partial charge is 0.416 e. The average molecular weight is 524 g/mol. The van der Waals surface area contributed by atoms with E-state index in [0.717, 1.165) is 41.3 Å². The molecule has 11 heteroatoms. The molecule has 2 aromatic heterocycles. The Kier molecular flexibility index (Phi) is 7.04. The number of halogens is 3. The topological polar surface area (TPSA) is 78.3 Å². The van der Waals surface area contributed by atoms with Crippen LogP contribution in [0.25, 0.3) is 22.2 Å². The molecule has 1 aliphatic rings. The number of likely N-dealkylation sites (N-methyl/N-ethyl adjacent to an activating group) is 1. The van der Waals surface area contributed by atoms with Crippen molar-refractivity contribution in [3.8, 4) is 11.1 Å². The highest BCUT2D eigenvalue weighted by atomic mass is 19.4. The molecule has 1 aliphatic heterocycles. The van der Waals surface area contributed by atoms with Gasteiger partial charge in [0, 0.05) is 62.7 Å². The van der Waals surface area contributed by atoms with E-state index in [1.54, 1.807) is 29.2 Å². The number of urea groups is 1. The maximum Gasteiger partial charge on any atom is 0.416 e. The Morgan fingerprint density at radius 3 is 2.34 bits per heavy atom. The molecule has 0 radical (unpaired) electrons. The van der Waals surface area contributed by atoms with Crippen LogP contribution in [0, 0.1) is 0 Å². The van der Waals surface area contributed by atoms with Crippen molar-refractivity contribution in [2.24, 2.45) is 7.05 Å². The normalized spacial score (nSPS) is 15.1. The van der Waals surface area contributed by atoms with E-state index in [-0.39, 0.29) is 17.8 Å². The number of piperazine rings is 1. The third kappa shape index (κ3) is 5.63. The molecule has 4 aromatic rings. The third-order valence-corrected chi connectivity index (χ3v) is 6.75. The molecule has 2 amide bonds. The highest BCUT2D eigenvalue weighted by Gasteiger charge is 2.34. The number of nitrogens with one attached hydrogen (secondary N) is 2. The van der Waals surface area contributed by atoms with Gasteiger partial charge in [-0.3, -0.25) is 9.58 Å². The molecule has 0 bridgehead atoms. The van der Waals surface area contributed by atoms with Crippen molar-refractivity contribution in [3.05, 3.63) is 72.1 Å². The third-order valence-electron chi connectivity index (χ3n) is 6.75. The van der Waals surface area contributed by atoms with E-state index in [2.05, 4.69) is 25.6 Å². The van der Waals surface area contributed by atoms with Gasteiger partial charge in [0.1, 0.15) is 0 Å². The maximum atomic E-state index is 13.8. The Labute approximate surface area is 218 Å². The standard InChI is InChI=1S/C27H28F3N7O/c1-35-11-13-37(14-12-35)17-19-5-8-21(15-24(19)27(28,29)30)34-26(38)33-20-6-3-18(4-7-20)22-9-10-31-25-23(22)16-32-36(25)2/h3-10,15-16H,11-14,17H2,1-2H3,(H2,33,34,38). The number of rotatable bonds is 5. The number of anilines is 2.